The van der Waals surface area contributed by atoms with Gasteiger partial charge in [0.1, 0.15) is 0 Å². The Hall–Kier alpha value is -0.960. The highest BCUT2D eigenvalue weighted by molar-refractivity contribution is 5.54. The van der Waals surface area contributed by atoms with E-state index in [1.807, 2.05) is 0 Å². The van der Waals surface area contributed by atoms with Crippen LogP contribution in [0.4, 0.5) is 4.48 Å². The third kappa shape index (κ3) is 3.97. The minimum Gasteiger partial charge on any atom is -0.269 e. The molecule has 2 nitrogen and oxygen atoms in total. The maximum Gasteiger partial charge on any atom is 0.0525 e. The molecular formula is C7H11FN2. The maximum absolute atomic E-state index is 11.5. The van der Waals surface area contributed by atoms with Gasteiger partial charge in [-0.15, -0.1) is 4.48 Å². The van der Waals surface area contributed by atoms with E-state index < -0.39 is 0 Å². The number of rotatable bonds is 4. The van der Waals surface area contributed by atoms with Gasteiger partial charge in [0.05, 0.1) is 6.54 Å². The van der Waals surface area contributed by atoms with E-state index in [1.54, 1.807) is 25.4 Å². The fourth-order valence-electron chi connectivity index (χ4n) is 0.418. The zero-order valence-electron chi connectivity index (χ0n) is 5.97. The summed E-state index contributed by atoms with van der Waals surface area (Å²) < 4.78 is 11.5. The zero-order chi connectivity index (χ0) is 7.82. The van der Waals surface area contributed by atoms with Gasteiger partial charge in [-0.25, -0.2) is 0 Å². The standard InChI is InChI=1S/C7H11FN2/c1-3-7(6-10-8)5-9-4-2/h3-5,10H,1,6H2,2H3/b7-5+,9-4?. The van der Waals surface area contributed by atoms with E-state index in [0.717, 1.165) is 5.57 Å². The molecule has 0 heterocycles. The lowest BCUT2D eigenvalue weighted by Crippen LogP contribution is -2.03. The predicted octanol–water partition coefficient (Wildman–Crippen LogP) is 1.62. The van der Waals surface area contributed by atoms with Crippen LogP contribution in [0.1, 0.15) is 6.92 Å². The molecule has 10 heavy (non-hydrogen) atoms. The van der Waals surface area contributed by atoms with Crippen LogP contribution in [0.5, 0.6) is 0 Å². The van der Waals surface area contributed by atoms with Gasteiger partial charge in [0.2, 0.25) is 0 Å². The third-order valence-electron chi connectivity index (χ3n) is 0.923. The van der Waals surface area contributed by atoms with Gasteiger partial charge in [-0.3, -0.25) is 4.99 Å². The lowest BCUT2D eigenvalue weighted by atomic mass is 10.3. The van der Waals surface area contributed by atoms with E-state index in [0.29, 0.717) is 0 Å². The molecule has 0 bridgehead atoms. The zero-order valence-corrected chi connectivity index (χ0v) is 5.97. The molecule has 3 heteroatoms. The van der Waals surface area contributed by atoms with Gasteiger partial charge in [-0.2, -0.15) is 5.54 Å². The quantitative estimate of drug-likeness (QED) is 0.360. The number of nitrogens with zero attached hydrogens (tertiary/aromatic N) is 1. The number of nitrogens with one attached hydrogen (secondary N) is 1. The predicted molar refractivity (Wildman–Crippen MR) is 41.6 cm³/mol. The van der Waals surface area contributed by atoms with E-state index in [2.05, 4.69) is 11.6 Å². The molecule has 0 radical (unpaired) electrons. The van der Waals surface area contributed by atoms with Crippen molar-refractivity contribution < 1.29 is 4.48 Å². The van der Waals surface area contributed by atoms with Crippen LogP contribution in [0, 0.1) is 0 Å². The van der Waals surface area contributed by atoms with E-state index >= 15 is 0 Å². The number of hydrogen-bond donors (Lipinski definition) is 1. The van der Waals surface area contributed by atoms with E-state index in [1.165, 1.54) is 5.54 Å². The molecule has 56 valence electrons. The Morgan fingerprint density at radius 3 is 2.90 bits per heavy atom. The fourth-order valence-corrected chi connectivity index (χ4v) is 0.418. The highest BCUT2D eigenvalue weighted by Crippen LogP contribution is 1.92. The van der Waals surface area contributed by atoms with Crippen molar-refractivity contribution in [1.29, 1.82) is 0 Å². The van der Waals surface area contributed by atoms with Gasteiger partial charge in [-0.1, -0.05) is 12.7 Å². The van der Waals surface area contributed by atoms with Crippen molar-refractivity contribution in [1.82, 2.24) is 5.54 Å². The molecule has 0 fully saturated rings. The second kappa shape index (κ2) is 6.16. The SMILES string of the molecule is C=C/C(=C\N=CC)CNF. The largest absolute Gasteiger partial charge is 0.269 e. The summed E-state index contributed by atoms with van der Waals surface area (Å²) >= 11 is 0. The highest BCUT2D eigenvalue weighted by atomic mass is 19.2. The van der Waals surface area contributed by atoms with Gasteiger partial charge < -0.3 is 0 Å². The van der Waals surface area contributed by atoms with Crippen LogP contribution < -0.4 is 5.54 Å². The Balaban J connectivity index is 3.90. The average Bonchev–Trinajstić information content (AvgIpc) is 1.98. The highest BCUT2D eigenvalue weighted by Gasteiger charge is 1.86. The first-order valence-electron chi connectivity index (χ1n) is 2.98. The second-order valence-electron chi connectivity index (χ2n) is 1.63. The molecule has 0 aliphatic carbocycles. The summed E-state index contributed by atoms with van der Waals surface area (Å²) in [6.45, 7) is 5.43. The summed E-state index contributed by atoms with van der Waals surface area (Å²) in [5.74, 6) is 0. The first-order valence-corrected chi connectivity index (χ1v) is 2.98. The molecule has 0 aromatic carbocycles. The van der Waals surface area contributed by atoms with Crippen LogP contribution >= 0.6 is 0 Å². The number of halogens is 1. The molecule has 0 saturated heterocycles. The van der Waals surface area contributed by atoms with Crippen molar-refractivity contribution >= 4 is 6.21 Å². The molecule has 0 saturated carbocycles. The summed E-state index contributed by atoms with van der Waals surface area (Å²) in [5.41, 5.74) is 2.24. The Bertz CT molecular complexity index is 150. The van der Waals surface area contributed by atoms with Crippen molar-refractivity contribution in [3.05, 3.63) is 24.4 Å². The summed E-state index contributed by atoms with van der Waals surface area (Å²) in [4.78, 5) is 3.80. The second-order valence-corrected chi connectivity index (χ2v) is 1.63. The monoisotopic (exact) mass is 142 g/mol. The molecule has 0 aliphatic rings. The number of aliphatic imine (C=N–C) groups is 1. The molecular weight excluding hydrogens is 131 g/mol. The van der Waals surface area contributed by atoms with E-state index in [4.69, 9.17) is 0 Å². The van der Waals surface area contributed by atoms with Crippen molar-refractivity contribution in [2.24, 2.45) is 4.99 Å². The third-order valence-corrected chi connectivity index (χ3v) is 0.923. The summed E-state index contributed by atoms with van der Waals surface area (Å²) in [5, 5.41) is 0. The minimum absolute atomic E-state index is 0.154. The molecule has 0 aromatic rings. The number of hydrogen-bond acceptors (Lipinski definition) is 2. The van der Waals surface area contributed by atoms with Crippen molar-refractivity contribution in [2.45, 2.75) is 6.92 Å². The minimum atomic E-state index is 0.154. The van der Waals surface area contributed by atoms with Crippen LogP contribution in [-0.2, 0) is 0 Å². The Kier molecular flexibility index (Phi) is 5.57. The van der Waals surface area contributed by atoms with Gasteiger partial charge in [0.15, 0.2) is 0 Å². The molecule has 0 unspecified atom stereocenters. The molecule has 0 atom stereocenters. The fraction of sp³-hybridized carbons (Fsp3) is 0.286. The van der Waals surface area contributed by atoms with Crippen LogP contribution in [0.15, 0.2) is 29.4 Å². The Morgan fingerprint density at radius 2 is 2.50 bits per heavy atom. The molecule has 0 aromatic heterocycles. The van der Waals surface area contributed by atoms with Gasteiger partial charge in [0, 0.05) is 12.4 Å². The van der Waals surface area contributed by atoms with Crippen LogP contribution in [-0.4, -0.2) is 12.8 Å². The van der Waals surface area contributed by atoms with Crippen molar-refractivity contribution in [3.8, 4) is 0 Å². The van der Waals surface area contributed by atoms with Gasteiger partial charge >= 0.3 is 0 Å². The first kappa shape index (κ1) is 9.04. The smallest absolute Gasteiger partial charge is 0.0525 e. The van der Waals surface area contributed by atoms with Crippen molar-refractivity contribution in [2.75, 3.05) is 6.54 Å². The van der Waals surface area contributed by atoms with Crippen LogP contribution in [0.2, 0.25) is 0 Å². The Labute approximate surface area is 60.1 Å². The first-order chi connectivity index (χ1) is 4.85. The molecule has 0 aliphatic heterocycles. The molecule has 0 spiro atoms. The lowest BCUT2D eigenvalue weighted by Gasteiger charge is -1.93. The van der Waals surface area contributed by atoms with E-state index in [9.17, 15) is 4.48 Å². The van der Waals surface area contributed by atoms with Gasteiger partial charge in [0.25, 0.3) is 0 Å². The summed E-state index contributed by atoms with van der Waals surface area (Å²) in [6.07, 6.45) is 4.74. The normalized spacial score (nSPS) is 12.4. The van der Waals surface area contributed by atoms with Crippen molar-refractivity contribution in [3.63, 3.8) is 0 Å². The topological polar surface area (TPSA) is 24.4 Å². The van der Waals surface area contributed by atoms with Gasteiger partial charge in [-0.05, 0) is 12.5 Å². The van der Waals surface area contributed by atoms with Crippen LogP contribution in [0.25, 0.3) is 0 Å². The maximum atomic E-state index is 11.5. The summed E-state index contributed by atoms with van der Waals surface area (Å²) in [6, 6.07) is 0. The summed E-state index contributed by atoms with van der Waals surface area (Å²) in [7, 11) is 0. The van der Waals surface area contributed by atoms with Crippen LogP contribution in [0.3, 0.4) is 0 Å². The van der Waals surface area contributed by atoms with E-state index in [-0.39, 0.29) is 6.54 Å². The average molecular weight is 142 g/mol. The molecule has 1 N–H and O–H groups in total. The lowest BCUT2D eigenvalue weighted by molar-refractivity contribution is 0.354. The Morgan fingerprint density at radius 1 is 1.80 bits per heavy atom. The molecule has 0 amide bonds. The molecule has 0 rings (SSSR count).